The molecular weight excluding hydrogens is 462 g/mol. The van der Waals surface area contributed by atoms with Gasteiger partial charge in [-0.3, -0.25) is 15.1 Å². The van der Waals surface area contributed by atoms with Gasteiger partial charge in [0.15, 0.2) is 0 Å². The van der Waals surface area contributed by atoms with Crippen LogP contribution in [-0.2, 0) is 6.61 Å². The van der Waals surface area contributed by atoms with Crippen LogP contribution in [-0.4, -0.2) is 27.7 Å². The maximum atomic E-state index is 13.0. The third kappa shape index (κ3) is 5.70. The lowest BCUT2D eigenvalue weighted by Crippen LogP contribution is -2.14. The van der Waals surface area contributed by atoms with E-state index in [0.717, 1.165) is 22.5 Å². The van der Waals surface area contributed by atoms with E-state index in [4.69, 9.17) is 4.74 Å². The molecule has 4 rings (SSSR count). The van der Waals surface area contributed by atoms with E-state index in [9.17, 15) is 13.6 Å². The zero-order chi connectivity index (χ0) is 24.1. The number of benzene rings is 2. The molecule has 0 aliphatic carbocycles. The Kier molecular flexibility index (Phi) is 7.07. The highest BCUT2D eigenvalue weighted by molar-refractivity contribution is 7.17. The third-order valence-corrected chi connectivity index (χ3v) is 5.54. The summed E-state index contributed by atoms with van der Waals surface area (Å²) in [6, 6.07) is 15.8. The van der Waals surface area contributed by atoms with Crippen molar-refractivity contribution in [3.63, 3.8) is 0 Å². The molecule has 7 nitrogen and oxygen atoms in total. The van der Waals surface area contributed by atoms with Crippen molar-refractivity contribution in [1.29, 1.82) is 0 Å². The summed E-state index contributed by atoms with van der Waals surface area (Å²) >= 11 is 1.07. The number of aromatic nitrogens is 3. The smallest absolute Gasteiger partial charge is 0.387 e. The van der Waals surface area contributed by atoms with Crippen LogP contribution in [0.3, 0.4) is 0 Å². The molecule has 0 aliphatic rings. The minimum atomic E-state index is -3.00. The van der Waals surface area contributed by atoms with Gasteiger partial charge in [0.25, 0.3) is 11.1 Å². The van der Waals surface area contributed by atoms with Gasteiger partial charge >= 0.3 is 6.61 Å². The Morgan fingerprint density at radius 3 is 2.59 bits per heavy atom. The molecule has 0 atom stereocenters. The molecule has 2 aromatic heterocycles. The van der Waals surface area contributed by atoms with Crippen molar-refractivity contribution >= 4 is 22.4 Å². The molecule has 0 radical (unpaired) electrons. The monoisotopic (exact) mass is 482 g/mol. The number of ether oxygens (including phenoxy) is 2. The molecule has 1 amide bonds. The topological polar surface area (TPSA) is 86.2 Å². The SMILES string of the molecule is Cc1ccc(COc2nnc(NC(=O)c3cnc(C)cc3-c3ccccc3OC(F)F)s2)cc1. The van der Waals surface area contributed by atoms with Crippen molar-refractivity contribution in [3.05, 3.63) is 83.2 Å². The first-order valence-corrected chi connectivity index (χ1v) is 11.0. The number of pyridine rings is 1. The number of alkyl halides is 2. The number of aryl methyl sites for hydroxylation is 2. The first kappa shape index (κ1) is 23.2. The largest absolute Gasteiger partial charge is 0.464 e. The van der Waals surface area contributed by atoms with Gasteiger partial charge in [-0.1, -0.05) is 53.1 Å². The molecule has 0 saturated heterocycles. The summed E-state index contributed by atoms with van der Waals surface area (Å²) < 4.78 is 36.1. The molecule has 174 valence electrons. The fourth-order valence-corrected chi connectivity index (χ4v) is 3.75. The average molecular weight is 483 g/mol. The van der Waals surface area contributed by atoms with Crippen LogP contribution in [0, 0.1) is 13.8 Å². The number of hydrogen-bond donors (Lipinski definition) is 1. The summed E-state index contributed by atoms with van der Waals surface area (Å²) in [6.45, 7) is 1.06. The van der Waals surface area contributed by atoms with Gasteiger partial charge in [0.1, 0.15) is 12.4 Å². The van der Waals surface area contributed by atoms with Crippen molar-refractivity contribution in [2.75, 3.05) is 5.32 Å². The van der Waals surface area contributed by atoms with E-state index in [1.807, 2.05) is 31.2 Å². The number of amides is 1. The van der Waals surface area contributed by atoms with Gasteiger partial charge in [-0.2, -0.15) is 8.78 Å². The Morgan fingerprint density at radius 2 is 1.82 bits per heavy atom. The fraction of sp³-hybridized carbons (Fsp3) is 0.167. The van der Waals surface area contributed by atoms with Gasteiger partial charge in [-0.15, -0.1) is 5.10 Å². The second kappa shape index (κ2) is 10.3. The summed E-state index contributed by atoms with van der Waals surface area (Å²) in [7, 11) is 0. The van der Waals surface area contributed by atoms with Crippen LogP contribution in [0.25, 0.3) is 11.1 Å². The molecule has 0 fully saturated rings. The Labute approximate surface area is 198 Å². The number of carbonyl (C=O) groups excluding carboxylic acids is 1. The second-order valence-corrected chi connectivity index (χ2v) is 8.29. The Balaban J connectivity index is 1.52. The van der Waals surface area contributed by atoms with E-state index >= 15 is 0 Å². The van der Waals surface area contributed by atoms with Crippen LogP contribution in [0.4, 0.5) is 13.9 Å². The van der Waals surface area contributed by atoms with Gasteiger partial charge < -0.3 is 9.47 Å². The Morgan fingerprint density at radius 1 is 1.06 bits per heavy atom. The van der Waals surface area contributed by atoms with Gasteiger partial charge in [0.05, 0.1) is 5.56 Å². The summed E-state index contributed by atoms with van der Waals surface area (Å²) in [5.41, 5.74) is 3.67. The fourth-order valence-electron chi connectivity index (χ4n) is 3.16. The molecule has 0 saturated carbocycles. The van der Waals surface area contributed by atoms with Crippen LogP contribution < -0.4 is 14.8 Å². The molecular formula is C24H20F2N4O3S. The zero-order valence-corrected chi connectivity index (χ0v) is 19.1. The molecule has 0 spiro atoms. The minimum absolute atomic E-state index is 0.0418. The molecule has 2 heterocycles. The maximum absolute atomic E-state index is 13.0. The van der Waals surface area contributed by atoms with Crippen molar-refractivity contribution in [2.45, 2.75) is 27.1 Å². The summed E-state index contributed by atoms with van der Waals surface area (Å²) in [6.07, 6.45) is 1.38. The van der Waals surface area contributed by atoms with E-state index in [0.29, 0.717) is 28.6 Å². The molecule has 1 N–H and O–H groups in total. The predicted octanol–water partition coefficient (Wildman–Crippen LogP) is 5.65. The van der Waals surface area contributed by atoms with Gasteiger partial charge in [0, 0.05) is 23.0 Å². The van der Waals surface area contributed by atoms with Crippen LogP contribution in [0.5, 0.6) is 10.9 Å². The number of nitrogens with one attached hydrogen (secondary N) is 1. The predicted molar refractivity (Wildman–Crippen MR) is 124 cm³/mol. The molecule has 4 aromatic rings. The average Bonchev–Trinajstić information content (AvgIpc) is 3.26. The molecule has 0 aliphatic heterocycles. The standard InChI is InChI=1S/C24H20F2N4O3S/c1-14-7-9-16(10-8-14)13-32-24-30-29-23(34-24)28-21(31)19-12-27-15(2)11-18(19)17-5-3-4-6-20(17)33-22(25)26/h3-12,22H,13H2,1-2H3,(H,28,29,31). The number of para-hydroxylation sites is 1. The van der Waals surface area contributed by atoms with Crippen molar-refractivity contribution in [3.8, 4) is 22.1 Å². The first-order valence-electron chi connectivity index (χ1n) is 10.2. The lowest BCUT2D eigenvalue weighted by Gasteiger charge is -2.14. The number of anilines is 1. The second-order valence-electron chi connectivity index (χ2n) is 7.35. The van der Waals surface area contributed by atoms with E-state index in [-0.39, 0.29) is 16.4 Å². The van der Waals surface area contributed by atoms with E-state index in [1.165, 1.54) is 12.3 Å². The normalized spacial score (nSPS) is 10.9. The highest BCUT2D eigenvalue weighted by atomic mass is 32.1. The van der Waals surface area contributed by atoms with Crippen molar-refractivity contribution in [2.24, 2.45) is 0 Å². The number of hydrogen-bond acceptors (Lipinski definition) is 7. The lowest BCUT2D eigenvalue weighted by atomic mass is 9.99. The lowest BCUT2D eigenvalue weighted by molar-refractivity contribution is -0.0494. The molecule has 0 bridgehead atoms. The van der Waals surface area contributed by atoms with Crippen LogP contribution in [0.1, 0.15) is 27.2 Å². The van der Waals surface area contributed by atoms with Crippen molar-refractivity contribution < 1.29 is 23.0 Å². The maximum Gasteiger partial charge on any atom is 0.387 e. The highest BCUT2D eigenvalue weighted by Gasteiger charge is 2.20. The van der Waals surface area contributed by atoms with E-state index < -0.39 is 12.5 Å². The van der Waals surface area contributed by atoms with Crippen molar-refractivity contribution in [1.82, 2.24) is 15.2 Å². The van der Waals surface area contributed by atoms with Crippen LogP contribution >= 0.6 is 11.3 Å². The molecule has 34 heavy (non-hydrogen) atoms. The number of halogens is 2. The van der Waals surface area contributed by atoms with Gasteiger partial charge in [0.2, 0.25) is 5.13 Å². The molecule has 0 unspecified atom stereocenters. The molecule has 2 aromatic carbocycles. The van der Waals surface area contributed by atoms with Gasteiger partial charge in [-0.05, 0) is 42.9 Å². The summed E-state index contributed by atoms with van der Waals surface area (Å²) in [5.74, 6) is -0.560. The molecule has 10 heteroatoms. The first-order chi connectivity index (χ1) is 16.4. The van der Waals surface area contributed by atoms with Crippen LogP contribution in [0.2, 0.25) is 0 Å². The number of rotatable bonds is 8. The summed E-state index contributed by atoms with van der Waals surface area (Å²) in [5, 5.41) is 11.1. The van der Waals surface area contributed by atoms with E-state index in [1.54, 1.807) is 31.2 Å². The summed E-state index contributed by atoms with van der Waals surface area (Å²) in [4.78, 5) is 17.2. The Bertz CT molecular complexity index is 1300. The minimum Gasteiger partial charge on any atom is -0.464 e. The zero-order valence-electron chi connectivity index (χ0n) is 18.3. The number of nitrogens with zero attached hydrogens (tertiary/aromatic N) is 3. The Hall–Kier alpha value is -3.92. The van der Waals surface area contributed by atoms with E-state index in [2.05, 4.69) is 25.2 Å². The highest BCUT2D eigenvalue weighted by Crippen LogP contribution is 2.34. The van der Waals surface area contributed by atoms with Crippen LogP contribution in [0.15, 0.2) is 60.8 Å². The number of carbonyl (C=O) groups is 1. The van der Waals surface area contributed by atoms with Gasteiger partial charge in [-0.25, -0.2) is 0 Å². The quantitative estimate of drug-likeness (QED) is 0.349. The third-order valence-electron chi connectivity index (χ3n) is 4.79.